The molecule has 0 radical (unpaired) electrons. The largest absolute Gasteiger partial charge is 0.271 e. The van der Waals surface area contributed by atoms with Crippen molar-refractivity contribution in [3.8, 4) is 0 Å². The fraction of sp³-hybridized carbons (Fsp3) is 0.294. The molecule has 2 rings (SSSR count). The molecule has 2 nitrogen and oxygen atoms in total. The zero-order valence-corrected chi connectivity index (χ0v) is 12.7. The Kier molecular flexibility index (Phi) is 5.18. The zero-order valence-electron chi connectivity index (χ0n) is 12.0. The molecule has 0 aliphatic rings. The van der Waals surface area contributed by atoms with Gasteiger partial charge in [0.25, 0.3) is 0 Å². The van der Waals surface area contributed by atoms with Crippen molar-refractivity contribution < 1.29 is 0 Å². The molecule has 0 spiro atoms. The van der Waals surface area contributed by atoms with Gasteiger partial charge in [-0.3, -0.25) is 5.84 Å². The van der Waals surface area contributed by atoms with Gasteiger partial charge in [-0.2, -0.15) is 0 Å². The fourth-order valence-corrected chi connectivity index (χ4v) is 2.52. The number of rotatable bonds is 5. The maximum atomic E-state index is 6.08. The molecule has 106 valence electrons. The molecular weight excluding hydrogens is 268 g/mol. The van der Waals surface area contributed by atoms with E-state index < -0.39 is 0 Å². The lowest BCUT2D eigenvalue weighted by Gasteiger charge is -2.18. The molecule has 0 amide bonds. The molecule has 2 aromatic carbocycles. The van der Waals surface area contributed by atoms with Gasteiger partial charge in [0.05, 0.1) is 6.04 Å². The Morgan fingerprint density at radius 1 is 1.10 bits per heavy atom. The van der Waals surface area contributed by atoms with E-state index in [1.54, 1.807) is 0 Å². The first-order valence-corrected chi connectivity index (χ1v) is 7.34. The Balaban J connectivity index is 2.29. The molecule has 2 aromatic rings. The van der Waals surface area contributed by atoms with Crippen molar-refractivity contribution in [1.82, 2.24) is 5.43 Å². The summed E-state index contributed by atoms with van der Waals surface area (Å²) < 4.78 is 0. The van der Waals surface area contributed by atoms with Gasteiger partial charge in [-0.25, -0.2) is 5.43 Å². The van der Waals surface area contributed by atoms with E-state index in [2.05, 4.69) is 42.7 Å². The molecule has 0 saturated heterocycles. The minimum absolute atomic E-state index is 0.0124. The first-order valence-electron chi connectivity index (χ1n) is 6.96. The molecule has 0 bridgehead atoms. The van der Waals surface area contributed by atoms with Crippen molar-refractivity contribution in [1.29, 1.82) is 0 Å². The van der Waals surface area contributed by atoms with Gasteiger partial charge < -0.3 is 0 Å². The summed E-state index contributed by atoms with van der Waals surface area (Å²) in [5, 5.41) is 0.780. The second kappa shape index (κ2) is 6.89. The molecule has 20 heavy (non-hydrogen) atoms. The second-order valence-corrected chi connectivity index (χ2v) is 5.51. The van der Waals surface area contributed by atoms with E-state index in [4.69, 9.17) is 17.4 Å². The van der Waals surface area contributed by atoms with Crippen molar-refractivity contribution in [2.45, 2.75) is 32.7 Å². The van der Waals surface area contributed by atoms with E-state index in [0.29, 0.717) is 0 Å². The lowest BCUT2D eigenvalue weighted by atomic mass is 9.96. The number of hydrogen-bond acceptors (Lipinski definition) is 2. The molecule has 1 atom stereocenters. The minimum atomic E-state index is -0.0124. The normalized spacial score (nSPS) is 12.4. The third-order valence-corrected chi connectivity index (χ3v) is 3.96. The summed E-state index contributed by atoms with van der Waals surface area (Å²) in [6.07, 6.45) is 2.27. The van der Waals surface area contributed by atoms with Crippen LogP contribution >= 0.6 is 11.6 Å². The van der Waals surface area contributed by atoms with Crippen LogP contribution in [-0.2, 0) is 6.42 Å². The van der Waals surface area contributed by atoms with Gasteiger partial charge in [-0.15, -0.1) is 0 Å². The number of hydrogen-bond donors (Lipinski definition) is 2. The number of nitrogens with two attached hydrogens (primary N) is 1. The quantitative estimate of drug-likeness (QED) is 0.640. The standard InChI is InChI=1S/C17H21ClN2/c1-3-4-13-5-7-14(8-6-13)17(20-19)15-9-10-16(18)12(2)11-15/h5-11,17,20H,3-4,19H2,1-2H3. The first kappa shape index (κ1) is 15.0. The fourth-order valence-electron chi connectivity index (χ4n) is 2.40. The number of benzene rings is 2. The Morgan fingerprint density at radius 3 is 2.30 bits per heavy atom. The summed E-state index contributed by atoms with van der Waals surface area (Å²) in [6.45, 7) is 4.19. The number of halogens is 1. The Bertz CT molecular complexity index is 564. The Labute approximate surface area is 125 Å². The van der Waals surface area contributed by atoms with Gasteiger partial charge in [0.15, 0.2) is 0 Å². The first-order chi connectivity index (χ1) is 9.65. The molecule has 0 fully saturated rings. The highest BCUT2D eigenvalue weighted by Gasteiger charge is 2.13. The molecule has 1 unspecified atom stereocenters. The van der Waals surface area contributed by atoms with Gasteiger partial charge in [0.2, 0.25) is 0 Å². The van der Waals surface area contributed by atoms with E-state index in [0.717, 1.165) is 34.6 Å². The molecule has 3 heteroatoms. The van der Waals surface area contributed by atoms with Crippen LogP contribution in [0.3, 0.4) is 0 Å². The average molecular weight is 289 g/mol. The highest BCUT2D eigenvalue weighted by Crippen LogP contribution is 2.25. The van der Waals surface area contributed by atoms with Crippen LogP contribution in [0, 0.1) is 6.92 Å². The maximum absolute atomic E-state index is 6.08. The third-order valence-electron chi connectivity index (χ3n) is 3.53. The van der Waals surface area contributed by atoms with Crippen LogP contribution in [0.2, 0.25) is 5.02 Å². The van der Waals surface area contributed by atoms with Crippen LogP contribution in [0.25, 0.3) is 0 Å². The summed E-state index contributed by atoms with van der Waals surface area (Å²) >= 11 is 6.08. The van der Waals surface area contributed by atoms with Gasteiger partial charge in [0, 0.05) is 5.02 Å². The molecule has 0 aliphatic carbocycles. The second-order valence-electron chi connectivity index (χ2n) is 5.10. The minimum Gasteiger partial charge on any atom is -0.271 e. The molecule has 0 saturated carbocycles. The van der Waals surface area contributed by atoms with Crippen LogP contribution in [0.4, 0.5) is 0 Å². The molecule has 0 aliphatic heterocycles. The highest BCUT2D eigenvalue weighted by molar-refractivity contribution is 6.31. The third kappa shape index (κ3) is 3.40. The van der Waals surface area contributed by atoms with Gasteiger partial charge in [-0.05, 0) is 41.7 Å². The lowest BCUT2D eigenvalue weighted by molar-refractivity contribution is 0.636. The summed E-state index contributed by atoms with van der Waals surface area (Å²) in [7, 11) is 0. The Hall–Kier alpha value is -1.35. The van der Waals surface area contributed by atoms with Gasteiger partial charge in [0.1, 0.15) is 0 Å². The zero-order chi connectivity index (χ0) is 14.5. The average Bonchev–Trinajstić information content (AvgIpc) is 2.46. The van der Waals surface area contributed by atoms with E-state index in [-0.39, 0.29) is 6.04 Å². The summed E-state index contributed by atoms with van der Waals surface area (Å²) in [5.74, 6) is 5.74. The topological polar surface area (TPSA) is 38.0 Å². The van der Waals surface area contributed by atoms with Crippen molar-refractivity contribution in [3.63, 3.8) is 0 Å². The maximum Gasteiger partial charge on any atom is 0.0710 e. The van der Waals surface area contributed by atoms with Crippen LogP contribution in [0.15, 0.2) is 42.5 Å². The SMILES string of the molecule is CCCc1ccc(C(NN)c2ccc(Cl)c(C)c2)cc1. The van der Waals surface area contributed by atoms with Crippen molar-refractivity contribution in [2.24, 2.45) is 5.84 Å². The number of aryl methyl sites for hydroxylation is 2. The predicted octanol–water partition coefficient (Wildman–Crippen LogP) is 4.15. The smallest absolute Gasteiger partial charge is 0.0710 e. The number of nitrogens with one attached hydrogen (secondary N) is 1. The van der Waals surface area contributed by atoms with Crippen LogP contribution in [0.1, 0.15) is 41.6 Å². The van der Waals surface area contributed by atoms with Crippen molar-refractivity contribution in [2.75, 3.05) is 0 Å². The van der Waals surface area contributed by atoms with Crippen LogP contribution in [0.5, 0.6) is 0 Å². The van der Waals surface area contributed by atoms with Gasteiger partial charge in [-0.1, -0.05) is 61.3 Å². The van der Waals surface area contributed by atoms with E-state index in [1.165, 1.54) is 5.56 Å². The van der Waals surface area contributed by atoms with E-state index in [9.17, 15) is 0 Å². The van der Waals surface area contributed by atoms with Gasteiger partial charge >= 0.3 is 0 Å². The van der Waals surface area contributed by atoms with Crippen molar-refractivity contribution in [3.05, 3.63) is 69.7 Å². The van der Waals surface area contributed by atoms with E-state index >= 15 is 0 Å². The van der Waals surface area contributed by atoms with Crippen LogP contribution < -0.4 is 11.3 Å². The predicted molar refractivity (Wildman–Crippen MR) is 85.8 cm³/mol. The van der Waals surface area contributed by atoms with Crippen molar-refractivity contribution >= 4 is 11.6 Å². The molecule has 0 heterocycles. The monoisotopic (exact) mass is 288 g/mol. The van der Waals surface area contributed by atoms with Crippen LogP contribution in [-0.4, -0.2) is 0 Å². The van der Waals surface area contributed by atoms with E-state index in [1.807, 2.05) is 19.1 Å². The molecule has 0 aromatic heterocycles. The highest BCUT2D eigenvalue weighted by atomic mass is 35.5. The Morgan fingerprint density at radius 2 is 1.75 bits per heavy atom. The molecule has 3 N–H and O–H groups in total. The number of hydrazine groups is 1. The summed E-state index contributed by atoms with van der Waals surface area (Å²) in [5.41, 5.74) is 7.60. The lowest BCUT2D eigenvalue weighted by Crippen LogP contribution is -2.28. The molecular formula is C17H21ClN2. The summed E-state index contributed by atoms with van der Waals surface area (Å²) in [6, 6.07) is 14.6. The summed E-state index contributed by atoms with van der Waals surface area (Å²) in [4.78, 5) is 0.